The van der Waals surface area contributed by atoms with Gasteiger partial charge in [0.1, 0.15) is 6.10 Å². The van der Waals surface area contributed by atoms with E-state index in [-0.39, 0.29) is 12.6 Å². The number of rotatable bonds is 3. The maximum atomic E-state index is 11.5. The number of carbonyl (C=O) groups is 1. The minimum atomic E-state index is -0.399. The fraction of sp³-hybridized carbons (Fsp3) is 0.444. The number of carbonyl (C=O) groups excluding carboxylic acids is 1. The van der Waals surface area contributed by atoms with E-state index in [2.05, 4.69) is 10.0 Å². The summed E-state index contributed by atoms with van der Waals surface area (Å²) in [6.07, 6.45) is 2.92. The number of aromatic nitrogens is 1. The molecule has 84 valence electrons. The molecule has 0 N–H and O–H groups in total. The summed E-state index contributed by atoms with van der Waals surface area (Å²) in [6.45, 7) is 0.591. The Kier molecular flexibility index (Phi) is 2.70. The molecule has 7 nitrogen and oxygen atoms in total. The van der Waals surface area contributed by atoms with Crippen LogP contribution in [0.4, 0.5) is 10.5 Å². The van der Waals surface area contributed by atoms with E-state index in [1.807, 2.05) is 30.1 Å². The van der Waals surface area contributed by atoms with Crippen molar-refractivity contribution in [1.29, 1.82) is 0 Å². The number of anilines is 1. The molecule has 0 saturated carbocycles. The van der Waals surface area contributed by atoms with Crippen molar-refractivity contribution in [3.05, 3.63) is 28.9 Å². The topological polar surface area (TPSA) is 83.2 Å². The smallest absolute Gasteiger partial charge is 0.414 e. The number of ether oxygens (including phenoxy) is 1. The SMILES string of the molecule is Cn1ccc(N2C[C@H](CN=[N+]=[N-])OC2=O)c1. The van der Waals surface area contributed by atoms with Gasteiger partial charge in [-0.1, -0.05) is 5.11 Å². The predicted octanol–water partition coefficient (Wildman–Crippen LogP) is 1.66. The molecule has 1 aliphatic rings. The van der Waals surface area contributed by atoms with Crippen LogP contribution in [0.5, 0.6) is 0 Å². The third-order valence-corrected chi connectivity index (χ3v) is 2.35. The highest BCUT2D eigenvalue weighted by molar-refractivity contribution is 5.89. The molecule has 1 amide bonds. The lowest BCUT2D eigenvalue weighted by Crippen LogP contribution is -2.24. The first-order valence-corrected chi connectivity index (χ1v) is 4.81. The summed E-state index contributed by atoms with van der Waals surface area (Å²) in [6, 6.07) is 1.83. The van der Waals surface area contributed by atoms with Crippen molar-refractivity contribution in [3.8, 4) is 0 Å². The molecule has 2 heterocycles. The van der Waals surface area contributed by atoms with Crippen LogP contribution in [0.3, 0.4) is 0 Å². The molecule has 0 aliphatic carbocycles. The molecule has 0 unspecified atom stereocenters. The minimum absolute atomic E-state index is 0.172. The zero-order chi connectivity index (χ0) is 11.5. The van der Waals surface area contributed by atoms with Gasteiger partial charge in [-0.2, -0.15) is 0 Å². The first-order chi connectivity index (χ1) is 7.70. The second-order valence-corrected chi connectivity index (χ2v) is 3.56. The van der Waals surface area contributed by atoms with E-state index in [0.717, 1.165) is 5.69 Å². The summed E-state index contributed by atoms with van der Waals surface area (Å²) in [5.41, 5.74) is 8.97. The maximum absolute atomic E-state index is 11.5. The third-order valence-electron chi connectivity index (χ3n) is 2.35. The number of nitrogens with zero attached hydrogens (tertiary/aromatic N) is 5. The quantitative estimate of drug-likeness (QED) is 0.441. The standard InChI is InChI=1S/C9H11N5O2/c1-13-3-2-7(5-13)14-6-8(4-11-12-10)16-9(14)15/h2-3,5,8H,4,6H2,1H3/t8-/m0/s1. The normalized spacial score (nSPS) is 19.4. The number of azide groups is 1. The highest BCUT2D eigenvalue weighted by Gasteiger charge is 2.32. The Morgan fingerprint density at radius 3 is 3.19 bits per heavy atom. The van der Waals surface area contributed by atoms with E-state index in [1.165, 1.54) is 4.90 Å². The zero-order valence-electron chi connectivity index (χ0n) is 8.78. The number of hydrogen-bond acceptors (Lipinski definition) is 3. The maximum Gasteiger partial charge on any atom is 0.414 e. The summed E-state index contributed by atoms with van der Waals surface area (Å²) < 4.78 is 6.90. The summed E-state index contributed by atoms with van der Waals surface area (Å²) in [7, 11) is 1.88. The van der Waals surface area contributed by atoms with Crippen molar-refractivity contribution in [2.24, 2.45) is 12.2 Å². The van der Waals surface area contributed by atoms with Crippen molar-refractivity contribution < 1.29 is 9.53 Å². The van der Waals surface area contributed by atoms with Gasteiger partial charge < -0.3 is 9.30 Å². The first kappa shape index (κ1) is 10.4. The number of aryl methyl sites for hydroxylation is 1. The summed E-state index contributed by atoms with van der Waals surface area (Å²) in [5.74, 6) is 0. The molecule has 1 atom stereocenters. The van der Waals surface area contributed by atoms with Crippen LogP contribution >= 0.6 is 0 Å². The monoisotopic (exact) mass is 221 g/mol. The van der Waals surface area contributed by atoms with Gasteiger partial charge in [0.25, 0.3) is 0 Å². The van der Waals surface area contributed by atoms with Gasteiger partial charge in [-0.3, -0.25) is 4.90 Å². The van der Waals surface area contributed by atoms with E-state index in [4.69, 9.17) is 10.3 Å². The molecule has 2 rings (SSSR count). The molecule has 1 saturated heterocycles. The number of cyclic esters (lactones) is 1. The molecular weight excluding hydrogens is 210 g/mol. The van der Waals surface area contributed by atoms with Crippen LogP contribution in [0.15, 0.2) is 23.6 Å². The van der Waals surface area contributed by atoms with E-state index >= 15 is 0 Å². The van der Waals surface area contributed by atoms with Gasteiger partial charge in [-0.15, -0.1) is 0 Å². The third kappa shape index (κ3) is 1.94. The summed E-state index contributed by atoms with van der Waals surface area (Å²) in [4.78, 5) is 15.7. The Morgan fingerprint density at radius 1 is 1.75 bits per heavy atom. The van der Waals surface area contributed by atoms with Gasteiger partial charge in [-0.05, 0) is 11.6 Å². The average molecular weight is 221 g/mol. The molecule has 1 aromatic rings. The Labute approximate surface area is 91.8 Å². The van der Waals surface area contributed by atoms with E-state index in [0.29, 0.717) is 6.54 Å². The number of amides is 1. The second-order valence-electron chi connectivity index (χ2n) is 3.56. The van der Waals surface area contributed by atoms with E-state index in [9.17, 15) is 4.79 Å². The van der Waals surface area contributed by atoms with Crippen LogP contribution in [0, 0.1) is 0 Å². The molecule has 0 spiro atoms. The van der Waals surface area contributed by atoms with Crippen molar-refractivity contribution in [3.63, 3.8) is 0 Å². The Bertz CT molecular complexity index is 449. The van der Waals surface area contributed by atoms with E-state index < -0.39 is 6.09 Å². The fourth-order valence-electron chi connectivity index (χ4n) is 1.60. The summed E-state index contributed by atoms with van der Waals surface area (Å²) >= 11 is 0. The van der Waals surface area contributed by atoms with Gasteiger partial charge in [0.15, 0.2) is 0 Å². The lowest BCUT2D eigenvalue weighted by atomic mass is 10.3. The summed E-state index contributed by atoms with van der Waals surface area (Å²) in [5, 5.41) is 3.39. The van der Waals surface area contributed by atoms with Crippen LogP contribution in [0.2, 0.25) is 0 Å². The molecule has 7 heteroatoms. The zero-order valence-corrected chi connectivity index (χ0v) is 8.78. The highest BCUT2D eigenvalue weighted by atomic mass is 16.6. The lowest BCUT2D eigenvalue weighted by Gasteiger charge is -2.09. The van der Waals surface area contributed by atoms with E-state index in [1.54, 1.807) is 0 Å². The van der Waals surface area contributed by atoms with Crippen molar-refractivity contribution >= 4 is 11.8 Å². The van der Waals surface area contributed by atoms with Crippen LogP contribution in [0.1, 0.15) is 0 Å². The van der Waals surface area contributed by atoms with Gasteiger partial charge in [0.05, 0.1) is 18.8 Å². The molecule has 0 radical (unpaired) electrons. The molecule has 1 fully saturated rings. The van der Waals surface area contributed by atoms with Gasteiger partial charge in [0, 0.05) is 24.4 Å². The molecule has 16 heavy (non-hydrogen) atoms. The fourth-order valence-corrected chi connectivity index (χ4v) is 1.60. The highest BCUT2D eigenvalue weighted by Crippen LogP contribution is 2.21. The largest absolute Gasteiger partial charge is 0.444 e. The second kappa shape index (κ2) is 4.16. The van der Waals surface area contributed by atoms with Crippen LogP contribution in [0.25, 0.3) is 10.4 Å². The molecule has 0 aromatic carbocycles. The Morgan fingerprint density at radius 2 is 2.56 bits per heavy atom. The van der Waals surface area contributed by atoms with Crippen molar-refractivity contribution in [1.82, 2.24) is 4.57 Å². The number of hydrogen-bond donors (Lipinski definition) is 0. The Hall–Kier alpha value is -2.14. The van der Waals surface area contributed by atoms with Crippen LogP contribution in [-0.4, -0.2) is 29.9 Å². The minimum Gasteiger partial charge on any atom is -0.444 e. The molecule has 1 aliphatic heterocycles. The van der Waals surface area contributed by atoms with Gasteiger partial charge in [-0.25, -0.2) is 4.79 Å². The lowest BCUT2D eigenvalue weighted by molar-refractivity contribution is 0.145. The van der Waals surface area contributed by atoms with Gasteiger partial charge >= 0.3 is 6.09 Å². The molecule has 0 bridgehead atoms. The molecule has 1 aromatic heterocycles. The van der Waals surface area contributed by atoms with Crippen LogP contribution in [-0.2, 0) is 11.8 Å². The Balaban J connectivity index is 2.07. The van der Waals surface area contributed by atoms with Crippen molar-refractivity contribution in [2.45, 2.75) is 6.10 Å². The first-order valence-electron chi connectivity index (χ1n) is 4.81. The predicted molar refractivity (Wildman–Crippen MR) is 57.0 cm³/mol. The van der Waals surface area contributed by atoms with Crippen LogP contribution < -0.4 is 4.90 Å². The molecular formula is C9H11N5O2. The average Bonchev–Trinajstić information content (AvgIpc) is 2.82. The van der Waals surface area contributed by atoms with Crippen molar-refractivity contribution in [2.75, 3.05) is 18.0 Å². The van der Waals surface area contributed by atoms with Gasteiger partial charge in [0.2, 0.25) is 0 Å².